The summed E-state index contributed by atoms with van der Waals surface area (Å²) in [5.41, 5.74) is 11.3. The quantitative estimate of drug-likeness (QED) is 0.199. The number of nitrogens with zero attached hydrogens (tertiary/aromatic N) is 1. The van der Waals surface area contributed by atoms with E-state index in [0.29, 0.717) is 5.92 Å². The molecule has 9 rings (SSSR count). The van der Waals surface area contributed by atoms with Crippen LogP contribution >= 0.6 is 0 Å². The maximum absolute atomic E-state index is 6.49. The van der Waals surface area contributed by atoms with E-state index in [9.17, 15) is 0 Å². The third kappa shape index (κ3) is 4.50. The molecule has 7 aromatic rings. The second-order valence-electron chi connectivity index (χ2n) is 12.1. The van der Waals surface area contributed by atoms with Gasteiger partial charge in [0.1, 0.15) is 11.2 Å². The fourth-order valence-electron chi connectivity index (χ4n) is 7.10. The average Bonchev–Trinajstić information content (AvgIpc) is 3.49. The first-order chi connectivity index (χ1) is 22.8. The second-order valence-corrected chi connectivity index (χ2v) is 12.1. The van der Waals surface area contributed by atoms with Crippen LogP contribution in [0, 0.1) is 5.92 Å². The maximum Gasteiger partial charge on any atom is 0.136 e. The Morgan fingerprint density at radius 3 is 2.22 bits per heavy atom. The molecule has 0 aliphatic heterocycles. The lowest BCUT2D eigenvalue weighted by Crippen LogP contribution is -2.19. The Morgan fingerprint density at radius 2 is 1.35 bits per heavy atom. The van der Waals surface area contributed by atoms with Crippen molar-refractivity contribution in [2.45, 2.75) is 6.42 Å². The Hall–Kier alpha value is -5.86. The topological polar surface area (TPSA) is 16.4 Å². The van der Waals surface area contributed by atoms with Crippen molar-refractivity contribution in [2.75, 3.05) is 4.90 Å². The predicted molar refractivity (Wildman–Crippen MR) is 193 cm³/mol. The van der Waals surface area contributed by atoms with Gasteiger partial charge >= 0.3 is 0 Å². The molecule has 0 fully saturated rings. The number of hydrogen-bond acceptors (Lipinski definition) is 2. The summed E-state index contributed by atoms with van der Waals surface area (Å²) >= 11 is 0. The molecule has 0 amide bonds. The van der Waals surface area contributed by atoms with Crippen LogP contribution in [0.15, 0.2) is 186 Å². The fourth-order valence-corrected chi connectivity index (χ4v) is 7.10. The van der Waals surface area contributed by atoms with Gasteiger partial charge in [-0.05, 0) is 81.9 Å². The van der Waals surface area contributed by atoms with E-state index in [0.717, 1.165) is 50.9 Å². The highest BCUT2D eigenvalue weighted by Crippen LogP contribution is 2.45. The van der Waals surface area contributed by atoms with Gasteiger partial charge in [-0.2, -0.15) is 0 Å². The largest absolute Gasteiger partial charge is 0.456 e. The standard InChI is InChI=1S/C44H31NO/c1-2-11-30(12-3-1)32-21-24-36(25-22-32)45(37-26-23-31-13-4-5-14-33(31)27-37)41-19-9-8-17-38(41)39-18-10-20-42-44(39)40-28-34-15-6-7-16-35(34)29-43(40)46-42/h1-22,24-29,31H,23H2. The van der Waals surface area contributed by atoms with Crippen LogP contribution in [0.4, 0.5) is 11.4 Å². The summed E-state index contributed by atoms with van der Waals surface area (Å²) in [6.07, 6.45) is 14.6. The van der Waals surface area contributed by atoms with E-state index in [-0.39, 0.29) is 0 Å². The van der Waals surface area contributed by atoms with Crippen LogP contribution in [-0.4, -0.2) is 0 Å². The molecule has 0 bridgehead atoms. The van der Waals surface area contributed by atoms with E-state index in [1.165, 1.54) is 33.2 Å². The molecule has 0 saturated heterocycles. The van der Waals surface area contributed by atoms with E-state index in [1.807, 2.05) is 0 Å². The summed E-state index contributed by atoms with van der Waals surface area (Å²) < 4.78 is 6.49. The lowest BCUT2D eigenvalue weighted by Gasteiger charge is -2.32. The van der Waals surface area contributed by atoms with Gasteiger partial charge in [-0.1, -0.05) is 127 Å². The molecule has 0 radical (unpaired) electrons. The van der Waals surface area contributed by atoms with E-state index >= 15 is 0 Å². The van der Waals surface area contributed by atoms with Crippen LogP contribution < -0.4 is 4.90 Å². The molecule has 2 heteroatoms. The zero-order valence-electron chi connectivity index (χ0n) is 25.3. The molecule has 6 aromatic carbocycles. The van der Waals surface area contributed by atoms with Gasteiger partial charge in [-0.25, -0.2) is 0 Å². The number of fused-ring (bicyclic) bond motifs is 5. The molecule has 0 spiro atoms. The molecule has 0 N–H and O–H groups in total. The third-order valence-electron chi connectivity index (χ3n) is 9.36. The summed E-state index contributed by atoms with van der Waals surface area (Å²) in [4.78, 5) is 2.43. The number of furan rings is 1. The minimum atomic E-state index is 0.423. The Morgan fingerprint density at radius 1 is 0.609 bits per heavy atom. The summed E-state index contributed by atoms with van der Waals surface area (Å²) in [7, 11) is 0. The normalized spacial score (nSPS) is 15.6. The Labute approximate surface area is 268 Å². The Kier molecular flexibility index (Phi) is 6.31. The zero-order valence-corrected chi connectivity index (χ0v) is 25.3. The van der Waals surface area contributed by atoms with E-state index in [4.69, 9.17) is 4.42 Å². The minimum Gasteiger partial charge on any atom is -0.456 e. The van der Waals surface area contributed by atoms with Gasteiger partial charge in [0.2, 0.25) is 0 Å². The molecular weight excluding hydrogens is 558 g/mol. The van der Waals surface area contributed by atoms with Crippen molar-refractivity contribution >= 4 is 44.1 Å². The van der Waals surface area contributed by atoms with Crippen molar-refractivity contribution in [3.8, 4) is 22.3 Å². The van der Waals surface area contributed by atoms with Gasteiger partial charge in [-0.15, -0.1) is 0 Å². The number of hydrogen-bond donors (Lipinski definition) is 0. The number of allylic oxidation sites excluding steroid dienone is 7. The number of benzene rings is 6. The highest BCUT2D eigenvalue weighted by Gasteiger charge is 2.24. The van der Waals surface area contributed by atoms with Crippen LogP contribution in [0.3, 0.4) is 0 Å². The highest BCUT2D eigenvalue weighted by molar-refractivity contribution is 6.16. The molecule has 1 heterocycles. The molecular formula is C44H31NO. The molecule has 218 valence electrons. The van der Waals surface area contributed by atoms with Gasteiger partial charge in [0.25, 0.3) is 0 Å². The molecule has 1 aromatic heterocycles. The zero-order chi connectivity index (χ0) is 30.5. The lowest BCUT2D eigenvalue weighted by molar-refractivity contribution is 0.669. The molecule has 2 aliphatic rings. The van der Waals surface area contributed by atoms with Crippen LogP contribution in [0.1, 0.15) is 6.42 Å². The van der Waals surface area contributed by atoms with Crippen LogP contribution in [-0.2, 0) is 0 Å². The van der Waals surface area contributed by atoms with Crippen molar-refractivity contribution in [2.24, 2.45) is 5.92 Å². The number of anilines is 2. The molecule has 1 unspecified atom stereocenters. The molecule has 2 nitrogen and oxygen atoms in total. The van der Waals surface area contributed by atoms with Crippen molar-refractivity contribution < 1.29 is 4.42 Å². The van der Waals surface area contributed by atoms with E-state index in [2.05, 4.69) is 175 Å². The van der Waals surface area contributed by atoms with Gasteiger partial charge in [0.05, 0.1) is 5.69 Å². The van der Waals surface area contributed by atoms with E-state index in [1.54, 1.807) is 0 Å². The summed E-state index contributed by atoms with van der Waals surface area (Å²) in [5, 5.41) is 4.68. The average molecular weight is 590 g/mol. The summed E-state index contributed by atoms with van der Waals surface area (Å²) in [6, 6.07) is 47.7. The van der Waals surface area contributed by atoms with Gasteiger partial charge < -0.3 is 9.32 Å². The van der Waals surface area contributed by atoms with Gasteiger partial charge in [0.15, 0.2) is 0 Å². The Bertz CT molecular complexity index is 2390. The third-order valence-corrected chi connectivity index (χ3v) is 9.36. The maximum atomic E-state index is 6.49. The van der Waals surface area contributed by atoms with Crippen molar-refractivity contribution in [1.82, 2.24) is 0 Å². The first-order valence-electron chi connectivity index (χ1n) is 16.0. The lowest BCUT2D eigenvalue weighted by atomic mass is 9.86. The van der Waals surface area contributed by atoms with E-state index < -0.39 is 0 Å². The monoisotopic (exact) mass is 589 g/mol. The number of rotatable bonds is 5. The van der Waals surface area contributed by atoms with Crippen molar-refractivity contribution in [1.29, 1.82) is 0 Å². The SMILES string of the molecule is C1=CC2=CC(N(c3ccc(-c4ccccc4)cc3)c3ccccc3-c3cccc4oc5cc6ccccc6cc5c34)=CCC2C=C1. The summed E-state index contributed by atoms with van der Waals surface area (Å²) in [5.74, 6) is 0.423. The van der Waals surface area contributed by atoms with Crippen molar-refractivity contribution in [3.05, 3.63) is 181 Å². The number of para-hydroxylation sites is 1. The first-order valence-corrected chi connectivity index (χ1v) is 16.0. The van der Waals surface area contributed by atoms with Gasteiger partial charge in [-0.3, -0.25) is 0 Å². The minimum absolute atomic E-state index is 0.423. The Balaban J connectivity index is 1.25. The molecule has 46 heavy (non-hydrogen) atoms. The highest BCUT2D eigenvalue weighted by atomic mass is 16.3. The fraction of sp³-hybridized carbons (Fsp3) is 0.0455. The smallest absolute Gasteiger partial charge is 0.136 e. The van der Waals surface area contributed by atoms with Crippen LogP contribution in [0.2, 0.25) is 0 Å². The second kappa shape index (κ2) is 10.9. The van der Waals surface area contributed by atoms with Crippen molar-refractivity contribution in [3.63, 3.8) is 0 Å². The first kappa shape index (κ1) is 26.5. The molecule has 1 atom stereocenters. The van der Waals surface area contributed by atoms with Crippen LogP contribution in [0.5, 0.6) is 0 Å². The van der Waals surface area contributed by atoms with Crippen LogP contribution in [0.25, 0.3) is 55.0 Å². The molecule has 2 aliphatic carbocycles. The molecule has 0 saturated carbocycles. The predicted octanol–water partition coefficient (Wildman–Crippen LogP) is 12.2. The van der Waals surface area contributed by atoms with Gasteiger partial charge in [0, 0.05) is 33.6 Å². The summed E-state index contributed by atoms with van der Waals surface area (Å²) in [6.45, 7) is 0.